The lowest BCUT2D eigenvalue weighted by Crippen LogP contribution is -2.28. The van der Waals surface area contributed by atoms with Crippen LogP contribution in [0.25, 0.3) is 16.8 Å². The third-order valence-corrected chi connectivity index (χ3v) is 5.66. The predicted octanol–water partition coefficient (Wildman–Crippen LogP) is 6.30. The molecule has 7 heteroatoms. The average molecular weight is 449 g/mol. The lowest BCUT2D eigenvalue weighted by molar-refractivity contribution is 0.196. The van der Waals surface area contributed by atoms with Gasteiger partial charge in [0.2, 0.25) is 0 Å². The van der Waals surface area contributed by atoms with Gasteiger partial charge in [-0.2, -0.15) is 9.61 Å². The molecule has 0 fully saturated rings. The molecule has 1 aromatic carbocycles. The Bertz CT molecular complexity index is 973. The van der Waals surface area contributed by atoms with E-state index in [9.17, 15) is 0 Å². The van der Waals surface area contributed by atoms with Crippen molar-refractivity contribution in [3.63, 3.8) is 0 Å². The second-order valence-corrected chi connectivity index (χ2v) is 8.30. The summed E-state index contributed by atoms with van der Waals surface area (Å²) in [7, 11) is 1.74. The fourth-order valence-electron chi connectivity index (χ4n) is 3.62. The van der Waals surface area contributed by atoms with Gasteiger partial charge in [0, 0.05) is 54.7 Å². The van der Waals surface area contributed by atoms with Crippen LogP contribution in [0.1, 0.15) is 45.2 Å². The van der Waals surface area contributed by atoms with Crippen molar-refractivity contribution in [1.29, 1.82) is 0 Å². The molecule has 2 aromatic heterocycles. The van der Waals surface area contributed by atoms with Gasteiger partial charge >= 0.3 is 0 Å². The first-order chi connectivity index (χ1) is 14.6. The van der Waals surface area contributed by atoms with E-state index in [0.717, 1.165) is 80.1 Å². The zero-order valence-electron chi connectivity index (χ0n) is 18.0. The number of hydrogen-bond acceptors (Lipinski definition) is 4. The molecule has 0 aliphatic rings. The quantitative estimate of drug-likeness (QED) is 0.322. The van der Waals surface area contributed by atoms with Crippen LogP contribution in [-0.2, 0) is 11.2 Å². The SMILES string of the molecule is CCCCc1cc(N(CCC)CCCOC)n2ncc(-c3ccc(Cl)cc3Cl)c2n1. The van der Waals surface area contributed by atoms with E-state index in [4.69, 9.17) is 38.0 Å². The Balaban J connectivity index is 2.12. The molecule has 0 aliphatic carbocycles. The Kier molecular flexibility index (Phi) is 8.37. The van der Waals surface area contributed by atoms with Gasteiger partial charge in [-0.3, -0.25) is 0 Å². The lowest BCUT2D eigenvalue weighted by Gasteiger charge is -2.25. The minimum absolute atomic E-state index is 0.602. The molecule has 5 nitrogen and oxygen atoms in total. The van der Waals surface area contributed by atoms with Crippen LogP contribution >= 0.6 is 23.2 Å². The number of aryl methyl sites for hydroxylation is 1. The third-order valence-electron chi connectivity index (χ3n) is 5.11. The van der Waals surface area contributed by atoms with Crippen LogP contribution < -0.4 is 4.90 Å². The molecular weight excluding hydrogens is 419 g/mol. The topological polar surface area (TPSA) is 42.7 Å². The number of fused-ring (bicyclic) bond motifs is 1. The van der Waals surface area contributed by atoms with Crippen molar-refractivity contribution in [2.75, 3.05) is 31.7 Å². The highest BCUT2D eigenvalue weighted by Crippen LogP contribution is 2.34. The normalized spacial score (nSPS) is 11.4. The maximum Gasteiger partial charge on any atom is 0.165 e. The molecule has 0 unspecified atom stereocenters. The van der Waals surface area contributed by atoms with Crippen LogP contribution in [0, 0.1) is 0 Å². The summed E-state index contributed by atoms with van der Waals surface area (Å²) in [5, 5.41) is 5.92. The summed E-state index contributed by atoms with van der Waals surface area (Å²) in [4.78, 5) is 7.35. The van der Waals surface area contributed by atoms with Crippen molar-refractivity contribution < 1.29 is 4.74 Å². The largest absolute Gasteiger partial charge is 0.385 e. The molecule has 162 valence electrons. The maximum atomic E-state index is 6.51. The first-order valence-corrected chi connectivity index (χ1v) is 11.4. The van der Waals surface area contributed by atoms with Crippen LogP contribution in [0.4, 0.5) is 5.82 Å². The smallest absolute Gasteiger partial charge is 0.165 e. The Hall–Kier alpha value is -1.82. The fraction of sp³-hybridized carbons (Fsp3) is 0.478. The van der Waals surface area contributed by atoms with Crippen molar-refractivity contribution in [2.45, 2.75) is 46.0 Å². The average Bonchev–Trinajstić information content (AvgIpc) is 3.15. The van der Waals surface area contributed by atoms with Crippen LogP contribution in [0.5, 0.6) is 0 Å². The highest BCUT2D eigenvalue weighted by Gasteiger charge is 2.18. The molecule has 0 saturated carbocycles. The molecular formula is C23H30Cl2N4O. The summed E-state index contributed by atoms with van der Waals surface area (Å²) in [5.74, 6) is 1.07. The van der Waals surface area contributed by atoms with Crippen molar-refractivity contribution in [1.82, 2.24) is 14.6 Å². The third kappa shape index (κ3) is 5.26. The minimum Gasteiger partial charge on any atom is -0.385 e. The van der Waals surface area contributed by atoms with Gasteiger partial charge in [-0.15, -0.1) is 0 Å². The molecule has 0 radical (unpaired) electrons. The Morgan fingerprint density at radius 3 is 2.57 bits per heavy atom. The van der Waals surface area contributed by atoms with E-state index < -0.39 is 0 Å². The van der Waals surface area contributed by atoms with Crippen LogP contribution in [-0.4, -0.2) is 41.4 Å². The van der Waals surface area contributed by atoms with Crippen molar-refractivity contribution in [3.05, 3.63) is 46.2 Å². The van der Waals surface area contributed by atoms with E-state index in [2.05, 4.69) is 24.8 Å². The Labute approximate surface area is 189 Å². The molecule has 0 N–H and O–H groups in total. The number of benzene rings is 1. The predicted molar refractivity (Wildman–Crippen MR) is 126 cm³/mol. The van der Waals surface area contributed by atoms with Gasteiger partial charge in [-0.25, -0.2) is 4.98 Å². The molecule has 3 rings (SSSR count). The summed E-state index contributed by atoms with van der Waals surface area (Å²) >= 11 is 12.6. The van der Waals surface area contributed by atoms with E-state index in [1.165, 1.54) is 0 Å². The molecule has 3 aromatic rings. The second-order valence-electron chi connectivity index (χ2n) is 7.46. The zero-order valence-corrected chi connectivity index (χ0v) is 19.5. The molecule has 0 amide bonds. The Morgan fingerprint density at radius 2 is 1.87 bits per heavy atom. The number of hydrogen-bond donors (Lipinski definition) is 0. The maximum absolute atomic E-state index is 6.51. The van der Waals surface area contributed by atoms with Crippen LogP contribution in [0.3, 0.4) is 0 Å². The summed E-state index contributed by atoms with van der Waals surface area (Å²) in [6.45, 7) is 6.99. The van der Waals surface area contributed by atoms with Gasteiger partial charge in [0.05, 0.1) is 11.2 Å². The highest BCUT2D eigenvalue weighted by atomic mass is 35.5. The number of unbranched alkanes of at least 4 members (excludes halogenated alkanes) is 1. The molecule has 0 saturated heterocycles. The van der Waals surface area contributed by atoms with Gasteiger partial charge in [-0.1, -0.05) is 49.5 Å². The van der Waals surface area contributed by atoms with Gasteiger partial charge in [0.15, 0.2) is 5.65 Å². The zero-order chi connectivity index (χ0) is 21.5. The van der Waals surface area contributed by atoms with E-state index in [1.807, 2.05) is 22.8 Å². The minimum atomic E-state index is 0.602. The molecule has 0 spiro atoms. The van der Waals surface area contributed by atoms with Gasteiger partial charge in [0.1, 0.15) is 5.82 Å². The van der Waals surface area contributed by atoms with Crippen molar-refractivity contribution in [3.8, 4) is 11.1 Å². The summed E-state index contributed by atoms with van der Waals surface area (Å²) in [6, 6.07) is 7.73. The Morgan fingerprint density at radius 1 is 1.03 bits per heavy atom. The second kappa shape index (κ2) is 11.0. The molecule has 0 aliphatic heterocycles. The van der Waals surface area contributed by atoms with Crippen LogP contribution in [0.2, 0.25) is 10.0 Å². The van der Waals surface area contributed by atoms with Crippen molar-refractivity contribution in [2.24, 2.45) is 0 Å². The number of ether oxygens (including phenoxy) is 1. The van der Waals surface area contributed by atoms with E-state index in [-0.39, 0.29) is 0 Å². The highest BCUT2D eigenvalue weighted by molar-refractivity contribution is 6.36. The van der Waals surface area contributed by atoms with Crippen molar-refractivity contribution >= 4 is 34.7 Å². The summed E-state index contributed by atoms with van der Waals surface area (Å²) in [5.41, 5.74) is 3.72. The first kappa shape index (κ1) is 22.9. The number of anilines is 1. The fourth-order valence-corrected chi connectivity index (χ4v) is 4.13. The molecule has 2 heterocycles. The lowest BCUT2D eigenvalue weighted by atomic mass is 10.1. The molecule has 30 heavy (non-hydrogen) atoms. The number of rotatable bonds is 11. The molecule has 0 bridgehead atoms. The van der Waals surface area contributed by atoms with E-state index >= 15 is 0 Å². The number of halogens is 2. The number of nitrogens with zero attached hydrogens (tertiary/aromatic N) is 4. The van der Waals surface area contributed by atoms with E-state index in [1.54, 1.807) is 13.2 Å². The standard InChI is InChI=1S/C23H30Cl2N4O/c1-4-6-8-18-15-22(28(11-5-2)12-7-13-30-3)29-23(27-18)20(16-26-29)19-10-9-17(24)14-21(19)25/h9-10,14-16H,4-8,11-13H2,1-3H3. The summed E-state index contributed by atoms with van der Waals surface area (Å²) < 4.78 is 7.21. The monoisotopic (exact) mass is 448 g/mol. The van der Waals surface area contributed by atoms with E-state index in [0.29, 0.717) is 10.0 Å². The molecule has 0 atom stereocenters. The van der Waals surface area contributed by atoms with Gasteiger partial charge in [-0.05, 0) is 37.8 Å². The van der Waals surface area contributed by atoms with Gasteiger partial charge in [0.25, 0.3) is 0 Å². The van der Waals surface area contributed by atoms with Crippen LogP contribution in [0.15, 0.2) is 30.5 Å². The number of aromatic nitrogens is 3. The number of methoxy groups -OCH3 is 1. The van der Waals surface area contributed by atoms with Gasteiger partial charge < -0.3 is 9.64 Å². The summed E-state index contributed by atoms with van der Waals surface area (Å²) in [6.07, 6.45) is 7.04. The first-order valence-electron chi connectivity index (χ1n) is 10.7.